The summed E-state index contributed by atoms with van der Waals surface area (Å²) in [6.45, 7) is 4.68. The highest BCUT2D eigenvalue weighted by Crippen LogP contribution is 2.12. The third-order valence-electron chi connectivity index (χ3n) is 3.73. The highest BCUT2D eigenvalue weighted by molar-refractivity contribution is 5.97. The molecule has 3 rings (SSSR count). The second-order valence-corrected chi connectivity index (χ2v) is 6.09. The van der Waals surface area contributed by atoms with Crippen LogP contribution in [-0.4, -0.2) is 22.0 Å². The Morgan fingerprint density at radius 1 is 1.17 bits per heavy atom. The summed E-state index contributed by atoms with van der Waals surface area (Å²) in [5.74, 6) is 0.227. The van der Waals surface area contributed by atoms with Crippen LogP contribution in [0.4, 0.5) is 0 Å². The van der Waals surface area contributed by atoms with Crippen LogP contribution in [-0.2, 0) is 0 Å². The predicted octanol–water partition coefficient (Wildman–Crippen LogP) is 2.77. The van der Waals surface area contributed by atoms with Gasteiger partial charge in [-0.2, -0.15) is 0 Å². The van der Waals surface area contributed by atoms with Crippen molar-refractivity contribution in [3.63, 3.8) is 0 Å². The summed E-state index contributed by atoms with van der Waals surface area (Å²) in [5.41, 5.74) is 1.63. The normalized spacial score (nSPS) is 11.0. The fourth-order valence-electron chi connectivity index (χ4n) is 2.43. The first kappa shape index (κ1) is 15.9. The number of aromatic nitrogens is 2. The molecule has 0 saturated carbocycles. The van der Waals surface area contributed by atoms with Gasteiger partial charge in [-0.3, -0.25) is 14.2 Å². The van der Waals surface area contributed by atoms with Crippen molar-refractivity contribution in [2.75, 3.05) is 6.54 Å². The molecule has 0 atom stereocenters. The van der Waals surface area contributed by atoms with E-state index in [9.17, 15) is 9.59 Å². The molecule has 0 spiro atoms. The van der Waals surface area contributed by atoms with Gasteiger partial charge in [0.1, 0.15) is 6.33 Å². The van der Waals surface area contributed by atoms with Gasteiger partial charge in [0.25, 0.3) is 11.5 Å². The summed E-state index contributed by atoms with van der Waals surface area (Å²) in [5, 5.41) is 3.35. The minimum atomic E-state index is -0.153. The molecule has 5 heteroatoms. The van der Waals surface area contributed by atoms with Gasteiger partial charge in [0.2, 0.25) is 0 Å². The van der Waals surface area contributed by atoms with Gasteiger partial charge in [0.15, 0.2) is 0 Å². The van der Waals surface area contributed by atoms with Crippen molar-refractivity contribution in [3.8, 4) is 5.69 Å². The van der Waals surface area contributed by atoms with Crippen molar-refractivity contribution in [3.05, 3.63) is 70.8 Å². The van der Waals surface area contributed by atoms with Crippen LogP contribution >= 0.6 is 0 Å². The molecule has 0 saturated heterocycles. The SMILES string of the molecule is CC(C)CNC(=O)c1ccc2c(=O)n(-c3ccccc3)cnc2c1. The van der Waals surface area contributed by atoms with Gasteiger partial charge < -0.3 is 5.32 Å². The van der Waals surface area contributed by atoms with Gasteiger partial charge in [0, 0.05) is 12.1 Å². The molecule has 0 unspecified atom stereocenters. The van der Waals surface area contributed by atoms with Crippen molar-refractivity contribution in [1.82, 2.24) is 14.9 Å². The van der Waals surface area contributed by atoms with Gasteiger partial charge in [-0.1, -0.05) is 32.0 Å². The standard InChI is InChI=1S/C19H19N3O2/c1-13(2)11-20-18(23)14-8-9-16-17(10-14)21-12-22(19(16)24)15-6-4-3-5-7-15/h3-10,12-13H,11H2,1-2H3,(H,20,23). The Morgan fingerprint density at radius 2 is 1.92 bits per heavy atom. The Hall–Kier alpha value is -2.95. The molecule has 1 heterocycles. The highest BCUT2D eigenvalue weighted by Gasteiger charge is 2.10. The van der Waals surface area contributed by atoms with E-state index in [1.54, 1.807) is 18.2 Å². The quantitative estimate of drug-likeness (QED) is 0.803. The average molecular weight is 321 g/mol. The zero-order valence-electron chi connectivity index (χ0n) is 13.7. The van der Waals surface area contributed by atoms with Crippen LogP contribution in [0.1, 0.15) is 24.2 Å². The molecule has 2 aromatic carbocycles. The maximum absolute atomic E-state index is 12.6. The molecule has 0 aliphatic carbocycles. The Bertz CT molecular complexity index is 930. The molecule has 0 bridgehead atoms. The molecule has 5 nitrogen and oxygen atoms in total. The number of nitrogens with one attached hydrogen (secondary N) is 1. The minimum Gasteiger partial charge on any atom is -0.352 e. The molecule has 0 fully saturated rings. The predicted molar refractivity (Wildman–Crippen MR) is 94.5 cm³/mol. The fourth-order valence-corrected chi connectivity index (χ4v) is 2.43. The van der Waals surface area contributed by atoms with Gasteiger partial charge >= 0.3 is 0 Å². The number of carbonyl (C=O) groups is 1. The van der Waals surface area contributed by atoms with E-state index in [2.05, 4.69) is 10.3 Å². The molecule has 3 aromatic rings. The summed E-state index contributed by atoms with van der Waals surface area (Å²) >= 11 is 0. The molecule has 0 aliphatic heterocycles. The number of para-hydroxylation sites is 1. The summed E-state index contributed by atoms with van der Waals surface area (Å²) < 4.78 is 1.50. The van der Waals surface area contributed by atoms with Crippen LogP contribution in [0, 0.1) is 5.92 Å². The lowest BCUT2D eigenvalue weighted by molar-refractivity contribution is 0.0949. The van der Waals surface area contributed by atoms with E-state index < -0.39 is 0 Å². The van der Waals surface area contributed by atoms with E-state index in [1.807, 2.05) is 44.2 Å². The number of amides is 1. The van der Waals surface area contributed by atoms with Crippen molar-refractivity contribution >= 4 is 16.8 Å². The van der Waals surface area contributed by atoms with E-state index in [4.69, 9.17) is 0 Å². The Labute approximate surface area is 140 Å². The minimum absolute atomic E-state index is 0.152. The van der Waals surface area contributed by atoms with Crippen LogP contribution in [0.5, 0.6) is 0 Å². The third-order valence-corrected chi connectivity index (χ3v) is 3.73. The molecule has 1 N–H and O–H groups in total. The first-order valence-corrected chi connectivity index (χ1v) is 7.91. The maximum Gasteiger partial charge on any atom is 0.265 e. The smallest absolute Gasteiger partial charge is 0.265 e. The zero-order chi connectivity index (χ0) is 17.1. The number of benzene rings is 2. The summed E-state index contributed by atoms with van der Waals surface area (Å²) in [6.07, 6.45) is 1.50. The molecule has 1 amide bonds. The Kier molecular flexibility index (Phi) is 4.42. The monoisotopic (exact) mass is 321 g/mol. The molecule has 24 heavy (non-hydrogen) atoms. The summed E-state index contributed by atoms with van der Waals surface area (Å²) in [7, 11) is 0. The van der Waals surface area contributed by atoms with Crippen LogP contribution in [0.2, 0.25) is 0 Å². The zero-order valence-corrected chi connectivity index (χ0v) is 13.7. The number of carbonyl (C=O) groups excluding carboxylic acids is 1. The van der Waals surface area contributed by atoms with E-state index in [0.29, 0.717) is 28.9 Å². The van der Waals surface area contributed by atoms with Crippen LogP contribution in [0.3, 0.4) is 0 Å². The lowest BCUT2D eigenvalue weighted by atomic mass is 10.1. The maximum atomic E-state index is 12.6. The lowest BCUT2D eigenvalue weighted by Gasteiger charge is -2.09. The number of nitrogens with zero attached hydrogens (tertiary/aromatic N) is 2. The van der Waals surface area contributed by atoms with Crippen molar-refractivity contribution in [1.29, 1.82) is 0 Å². The second kappa shape index (κ2) is 6.66. The van der Waals surface area contributed by atoms with Crippen LogP contribution in [0.15, 0.2) is 59.7 Å². The topological polar surface area (TPSA) is 64.0 Å². The number of hydrogen-bond donors (Lipinski definition) is 1. The Morgan fingerprint density at radius 3 is 2.62 bits per heavy atom. The second-order valence-electron chi connectivity index (χ2n) is 6.09. The molecular formula is C19H19N3O2. The summed E-state index contributed by atoms with van der Waals surface area (Å²) in [4.78, 5) is 29.1. The number of rotatable bonds is 4. The molecule has 122 valence electrons. The summed E-state index contributed by atoms with van der Waals surface area (Å²) in [6, 6.07) is 14.3. The molecule has 1 aromatic heterocycles. The average Bonchev–Trinajstić information content (AvgIpc) is 2.60. The largest absolute Gasteiger partial charge is 0.352 e. The fraction of sp³-hybridized carbons (Fsp3) is 0.211. The number of hydrogen-bond acceptors (Lipinski definition) is 3. The van der Waals surface area contributed by atoms with Crippen LogP contribution in [0.25, 0.3) is 16.6 Å². The van der Waals surface area contributed by atoms with E-state index >= 15 is 0 Å². The van der Waals surface area contributed by atoms with Crippen molar-refractivity contribution in [2.24, 2.45) is 5.92 Å². The van der Waals surface area contributed by atoms with Gasteiger partial charge in [-0.25, -0.2) is 4.98 Å². The molecule has 0 radical (unpaired) electrons. The van der Waals surface area contributed by atoms with Crippen LogP contribution < -0.4 is 10.9 Å². The number of fused-ring (bicyclic) bond motifs is 1. The molecule has 0 aliphatic rings. The van der Waals surface area contributed by atoms with Crippen molar-refractivity contribution in [2.45, 2.75) is 13.8 Å². The highest BCUT2D eigenvalue weighted by atomic mass is 16.1. The van der Waals surface area contributed by atoms with Gasteiger partial charge in [-0.15, -0.1) is 0 Å². The Balaban J connectivity index is 1.98. The van der Waals surface area contributed by atoms with E-state index in [1.165, 1.54) is 10.9 Å². The van der Waals surface area contributed by atoms with E-state index in [-0.39, 0.29) is 11.5 Å². The third kappa shape index (κ3) is 3.20. The van der Waals surface area contributed by atoms with Crippen molar-refractivity contribution < 1.29 is 4.79 Å². The first-order valence-electron chi connectivity index (χ1n) is 7.91. The van der Waals surface area contributed by atoms with E-state index in [0.717, 1.165) is 5.69 Å². The lowest BCUT2D eigenvalue weighted by Crippen LogP contribution is -2.27. The first-order chi connectivity index (χ1) is 11.6. The van der Waals surface area contributed by atoms with Gasteiger partial charge in [-0.05, 0) is 36.2 Å². The van der Waals surface area contributed by atoms with Gasteiger partial charge in [0.05, 0.1) is 16.6 Å². The molecular weight excluding hydrogens is 302 g/mol.